The van der Waals surface area contributed by atoms with Crippen LogP contribution in [0.1, 0.15) is 17.5 Å². The topological polar surface area (TPSA) is 79.3 Å². The Labute approximate surface area is 127 Å². The first-order valence-electron chi connectivity index (χ1n) is 6.17. The standard InChI is InChI=1S/C14H14N2O3S2/c17-5-2-1-3-12-7-14(10-15-8-12)21(18,19)16-9-13-4-6-20-11-13/h4,6-8,10-11,16-17H,2,5,9H2. The highest BCUT2D eigenvalue weighted by molar-refractivity contribution is 7.89. The van der Waals surface area contributed by atoms with Gasteiger partial charge in [0.2, 0.25) is 10.0 Å². The van der Waals surface area contributed by atoms with Crippen molar-refractivity contribution < 1.29 is 13.5 Å². The van der Waals surface area contributed by atoms with Crippen LogP contribution in [0.4, 0.5) is 0 Å². The molecule has 0 saturated heterocycles. The van der Waals surface area contributed by atoms with Gasteiger partial charge in [0.05, 0.1) is 6.61 Å². The molecule has 2 N–H and O–H groups in total. The minimum absolute atomic E-state index is 0.0272. The third-order valence-corrected chi connectivity index (χ3v) is 4.64. The van der Waals surface area contributed by atoms with Crippen LogP contribution in [0.3, 0.4) is 0 Å². The third kappa shape index (κ3) is 4.65. The summed E-state index contributed by atoms with van der Waals surface area (Å²) in [5.41, 5.74) is 1.41. The van der Waals surface area contributed by atoms with Gasteiger partial charge in [-0.05, 0) is 28.5 Å². The van der Waals surface area contributed by atoms with E-state index in [1.807, 2.05) is 16.8 Å². The van der Waals surface area contributed by atoms with Gasteiger partial charge in [-0.25, -0.2) is 13.1 Å². The smallest absolute Gasteiger partial charge is 0.242 e. The van der Waals surface area contributed by atoms with Gasteiger partial charge >= 0.3 is 0 Å². The van der Waals surface area contributed by atoms with Crippen LogP contribution in [-0.2, 0) is 16.6 Å². The molecule has 0 amide bonds. The first-order valence-corrected chi connectivity index (χ1v) is 8.60. The van der Waals surface area contributed by atoms with Gasteiger partial charge in [-0.3, -0.25) is 4.98 Å². The molecule has 0 radical (unpaired) electrons. The van der Waals surface area contributed by atoms with Crippen molar-refractivity contribution in [2.45, 2.75) is 17.9 Å². The van der Waals surface area contributed by atoms with Crippen LogP contribution in [0, 0.1) is 11.8 Å². The van der Waals surface area contributed by atoms with E-state index in [2.05, 4.69) is 21.5 Å². The Kier molecular flexibility index (Phi) is 5.47. The van der Waals surface area contributed by atoms with Gasteiger partial charge in [0.15, 0.2) is 0 Å². The summed E-state index contributed by atoms with van der Waals surface area (Å²) in [6.07, 6.45) is 3.11. The van der Waals surface area contributed by atoms with Crippen LogP contribution in [0.25, 0.3) is 0 Å². The molecule has 21 heavy (non-hydrogen) atoms. The minimum Gasteiger partial charge on any atom is -0.395 e. The quantitative estimate of drug-likeness (QED) is 0.815. The largest absolute Gasteiger partial charge is 0.395 e. The van der Waals surface area contributed by atoms with E-state index in [4.69, 9.17) is 5.11 Å². The first kappa shape index (κ1) is 15.7. The second kappa shape index (κ2) is 7.33. The average molecular weight is 322 g/mol. The Morgan fingerprint density at radius 1 is 1.38 bits per heavy atom. The van der Waals surface area contributed by atoms with Gasteiger partial charge in [-0.15, -0.1) is 0 Å². The van der Waals surface area contributed by atoms with Gasteiger partial charge < -0.3 is 5.11 Å². The SMILES string of the molecule is O=S(=O)(NCc1ccsc1)c1cncc(C#CCCO)c1. The lowest BCUT2D eigenvalue weighted by Gasteiger charge is -2.05. The number of aliphatic hydroxyl groups is 1. The molecule has 0 fully saturated rings. The van der Waals surface area contributed by atoms with Crippen molar-refractivity contribution in [1.82, 2.24) is 9.71 Å². The van der Waals surface area contributed by atoms with E-state index in [0.717, 1.165) is 5.56 Å². The summed E-state index contributed by atoms with van der Waals surface area (Å²) in [7, 11) is -3.61. The van der Waals surface area contributed by atoms with Gasteiger partial charge in [-0.1, -0.05) is 11.8 Å². The van der Waals surface area contributed by atoms with E-state index in [-0.39, 0.29) is 18.0 Å². The van der Waals surface area contributed by atoms with Crippen LogP contribution in [-0.4, -0.2) is 25.1 Å². The molecule has 0 unspecified atom stereocenters. The van der Waals surface area contributed by atoms with Crippen molar-refractivity contribution in [3.63, 3.8) is 0 Å². The fraction of sp³-hybridized carbons (Fsp3) is 0.214. The zero-order valence-corrected chi connectivity index (χ0v) is 12.7. The van der Waals surface area contributed by atoms with E-state index in [0.29, 0.717) is 12.0 Å². The number of nitrogens with zero attached hydrogens (tertiary/aromatic N) is 1. The Balaban J connectivity index is 2.12. The van der Waals surface area contributed by atoms with E-state index >= 15 is 0 Å². The summed E-state index contributed by atoms with van der Waals surface area (Å²) >= 11 is 1.51. The highest BCUT2D eigenvalue weighted by atomic mass is 32.2. The normalized spacial score (nSPS) is 10.9. The molecule has 0 atom stereocenters. The van der Waals surface area contributed by atoms with Gasteiger partial charge in [0, 0.05) is 30.9 Å². The molecule has 0 aliphatic heterocycles. The lowest BCUT2D eigenvalue weighted by molar-refractivity contribution is 0.305. The third-order valence-electron chi connectivity index (χ3n) is 2.54. The summed E-state index contributed by atoms with van der Waals surface area (Å²) in [5.74, 6) is 5.50. The number of aliphatic hydroxyl groups excluding tert-OH is 1. The molecule has 0 spiro atoms. The van der Waals surface area contributed by atoms with E-state index in [1.54, 1.807) is 0 Å². The van der Waals surface area contributed by atoms with Crippen molar-refractivity contribution >= 4 is 21.4 Å². The molecule has 2 rings (SSSR count). The van der Waals surface area contributed by atoms with E-state index in [9.17, 15) is 8.42 Å². The summed E-state index contributed by atoms with van der Waals surface area (Å²) in [6.45, 7) is 0.215. The summed E-state index contributed by atoms with van der Waals surface area (Å²) in [5, 5.41) is 12.4. The second-order valence-corrected chi connectivity index (χ2v) is 6.69. The Hall–Kier alpha value is -1.72. The fourth-order valence-corrected chi connectivity index (χ4v) is 3.18. The summed E-state index contributed by atoms with van der Waals surface area (Å²) < 4.78 is 26.9. The van der Waals surface area contributed by atoms with Crippen LogP contribution in [0.5, 0.6) is 0 Å². The zero-order chi connectivity index (χ0) is 15.1. The predicted molar refractivity (Wildman–Crippen MR) is 81.2 cm³/mol. The lowest BCUT2D eigenvalue weighted by atomic mass is 10.3. The maximum atomic E-state index is 12.2. The maximum Gasteiger partial charge on any atom is 0.242 e. The molecule has 7 heteroatoms. The number of rotatable bonds is 5. The molecule has 0 aromatic carbocycles. The molecule has 5 nitrogen and oxygen atoms in total. The van der Waals surface area contributed by atoms with Crippen LogP contribution < -0.4 is 4.72 Å². The molecule has 2 aromatic heterocycles. The summed E-state index contributed by atoms with van der Waals surface area (Å²) in [4.78, 5) is 3.97. The van der Waals surface area contributed by atoms with Crippen molar-refractivity contribution in [3.8, 4) is 11.8 Å². The number of hydrogen-bond donors (Lipinski definition) is 2. The lowest BCUT2D eigenvalue weighted by Crippen LogP contribution is -2.23. The molecule has 0 aliphatic carbocycles. The number of aromatic nitrogens is 1. The molecule has 2 aromatic rings. The first-order chi connectivity index (χ1) is 10.1. The van der Waals surface area contributed by atoms with Crippen molar-refractivity contribution in [2.24, 2.45) is 0 Å². The van der Waals surface area contributed by atoms with Crippen molar-refractivity contribution in [3.05, 3.63) is 46.4 Å². The highest BCUT2D eigenvalue weighted by Crippen LogP contribution is 2.11. The van der Waals surface area contributed by atoms with E-state index in [1.165, 1.54) is 29.8 Å². The molecular weight excluding hydrogens is 308 g/mol. The average Bonchev–Trinajstić information content (AvgIpc) is 2.99. The number of nitrogens with one attached hydrogen (secondary N) is 1. The van der Waals surface area contributed by atoms with Crippen molar-refractivity contribution in [2.75, 3.05) is 6.61 Å². The minimum atomic E-state index is -3.61. The predicted octanol–water partition coefficient (Wildman–Crippen LogP) is 1.36. The van der Waals surface area contributed by atoms with Crippen LogP contribution >= 0.6 is 11.3 Å². The van der Waals surface area contributed by atoms with Crippen molar-refractivity contribution in [1.29, 1.82) is 0 Å². The Bertz CT molecular complexity index is 744. The Morgan fingerprint density at radius 3 is 2.95 bits per heavy atom. The fourth-order valence-electron chi connectivity index (χ4n) is 1.51. The highest BCUT2D eigenvalue weighted by Gasteiger charge is 2.14. The number of hydrogen-bond acceptors (Lipinski definition) is 5. The number of pyridine rings is 1. The zero-order valence-electron chi connectivity index (χ0n) is 11.1. The monoisotopic (exact) mass is 322 g/mol. The number of sulfonamides is 1. The van der Waals surface area contributed by atoms with Gasteiger partial charge in [0.25, 0.3) is 0 Å². The molecule has 0 bridgehead atoms. The van der Waals surface area contributed by atoms with Gasteiger partial charge in [-0.2, -0.15) is 11.3 Å². The number of thiophene rings is 1. The second-order valence-electron chi connectivity index (χ2n) is 4.14. The molecule has 0 aliphatic rings. The Morgan fingerprint density at radius 2 is 2.24 bits per heavy atom. The molecule has 110 valence electrons. The summed E-state index contributed by atoms with van der Waals surface area (Å²) in [6, 6.07) is 3.33. The van der Waals surface area contributed by atoms with Crippen LogP contribution in [0.2, 0.25) is 0 Å². The molecular formula is C14H14N2O3S2. The van der Waals surface area contributed by atoms with Gasteiger partial charge in [0.1, 0.15) is 4.90 Å². The van der Waals surface area contributed by atoms with Crippen LogP contribution in [0.15, 0.2) is 40.2 Å². The molecule has 2 heterocycles. The van der Waals surface area contributed by atoms with E-state index < -0.39 is 10.0 Å². The molecule has 0 saturated carbocycles. The maximum absolute atomic E-state index is 12.2.